The van der Waals surface area contributed by atoms with Crippen molar-refractivity contribution in [1.29, 1.82) is 0 Å². The van der Waals surface area contributed by atoms with Crippen LogP contribution in [0.15, 0.2) is 42.6 Å². The van der Waals surface area contributed by atoms with Crippen molar-refractivity contribution in [3.63, 3.8) is 0 Å². The number of hydrogen-bond acceptors (Lipinski definition) is 0. The van der Waals surface area contributed by atoms with Crippen molar-refractivity contribution in [2.75, 3.05) is 0 Å². The first-order valence-corrected chi connectivity index (χ1v) is 6.72. The lowest BCUT2D eigenvalue weighted by atomic mass is 9.91. The quantitative estimate of drug-likeness (QED) is 0.657. The van der Waals surface area contributed by atoms with Gasteiger partial charge in [-0.25, -0.2) is 0 Å². The molecule has 0 amide bonds. The zero-order valence-corrected chi connectivity index (χ0v) is 11.3. The van der Waals surface area contributed by atoms with E-state index in [9.17, 15) is 8.63 Å². The van der Waals surface area contributed by atoms with E-state index in [4.69, 9.17) is 0 Å². The summed E-state index contributed by atoms with van der Waals surface area (Å²) in [5, 5.41) is 0. The van der Waals surface area contributed by atoms with Gasteiger partial charge < -0.3 is 17.6 Å². The minimum atomic E-state index is -3.85. The Morgan fingerprint density at radius 3 is 2.58 bits per heavy atom. The van der Waals surface area contributed by atoms with Crippen molar-refractivity contribution in [3.05, 3.63) is 59.4 Å². The van der Waals surface area contributed by atoms with Crippen LogP contribution in [0.3, 0.4) is 0 Å². The van der Waals surface area contributed by atoms with E-state index in [1.807, 2.05) is 24.3 Å². The van der Waals surface area contributed by atoms with Crippen LogP contribution in [-0.2, 0) is 0 Å². The van der Waals surface area contributed by atoms with E-state index in [1.54, 1.807) is 18.2 Å². The van der Waals surface area contributed by atoms with Gasteiger partial charge in [-0.1, -0.05) is 12.1 Å². The molecule has 0 fully saturated rings. The molecule has 0 saturated heterocycles. The topological polar surface area (TPSA) is 7.94 Å². The molecule has 2 aliphatic rings. The van der Waals surface area contributed by atoms with Gasteiger partial charge in [-0.2, -0.15) is 0 Å². The Hall–Kier alpha value is -1.69. The van der Waals surface area contributed by atoms with Crippen molar-refractivity contribution < 1.29 is 13.1 Å². The van der Waals surface area contributed by atoms with Crippen LogP contribution in [0.2, 0.25) is 0 Å². The number of aromatic nitrogens is 1. The van der Waals surface area contributed by atoms with Gasteiger partial charge in [-0.3, -0.25) is 0 Å². The highest BCUT2D eigenvalue weighted by Crippen LogP contribution is 2.39. The van der Waals surface area contributed by atoms with E-state index in [0.717, 1.165) is 20.1 Å². The summed E-state index contributed by atoms with van der Waals surface area (Å²) in [6.45, 7) is -3.85. The lowest BCUT2D eigenvalue weighted by Crippen LogP contribution is -2.48. The average Bonchev–Trinajstić information content (AvgIpc) is 2.96. The van der Waals surface area contributed by atoms with E-state index in [2.05, 4.69) is 15.9 Å². The van der Waals surface area contributed by atoms with Crippen LogP contribution in [-0.4, -0.2) is 20.6 Å². The molecule has 0 aliphatic carbocycles. The van der Waals surface area contributed by atoms with E-state index >= 15 is 0 Å². The number of fused-ring (bicyclic) bond motifs is 4. The fraction of sp³-hybridized carbons (Fsp3) is 0. The highest BCUT2D eigenvalue weighted by atomic mass is 79.9. The first-order chi connectivity index (χ1) is 9.10. The van der Waals surface area contributed by atoms with Gasteiger partial charge in [-0.05, 0) is 30.5 Å². The largest absolute Gasteiger partial charge is 0.737 e. The molecule has 2 aromatic rings. The summed E-state index contributed by atoms with van der Waals surface area (Å²) in [6, 6.07) is 10.8. The number of benzene rings is 1. The Balaban J connectivity index is 2.11. The first-order valence-electron chi connectivity index (χ1n) is 5.93. The summed E-state index contributed by atoms with van der Waals surface area (Å²) in [5.74, 6) is 0. The zero-order chi connectivity index (χ0) is 13.2. The third-order valence-corrected chi connectivity index (χ3v) is 4.45. The molecule has 6 heteroatoms. The van der Waals surface area contributed by atoms with E-state index in [0.29, 0.717) is 16.0 Å². The van der Waals surface area contributed by atoms with Crippen LogP contribution < -0.4 is 0 Å². The molecule has 0 spiro atoms. The normalized spacial score (nSPS) is 18.8. The molecular formula is C13H8BBrF2N2. The number of rotatable bonds is 0. The van der Waals surface area contributed by atoms with Crippen LogP contribution in [0.25, 0.3) is 11.8 Å². The van der Waals surface area contributed by atoms with Crippen molar-refractivity contribution in [2.24, 2.45) is 0 Å². The summed E-state index contributed by atoms with van der Waals surface area (Å²) in [7, 11) is 0. The fourth-order valence-electron chi connectivity index (χ4n) is 2.78. The van der Waals surface area contributed by atoms with Crippen molar-refractivity contribution in [1.82, 2.24) is 4.48 Å². The predicted octanol–water partition coefficient (Wildman–Crippen LogP) is 3.39. The lowest BCUT2D eigenvalue weighted by Gasteiger charge is -2.27. The minimum Gasteiger partial charge on any atom is -0.396 e. The Labute approximate surface area is 116 Å². The third kappa shape index (κ3) is 1.27. The first kappa shape index (κ1) is 11.2. The van der Waals surface area contributed by atoms with E-state index in [1.165, 1.54) is 6.20 Å². The monoisotopic (exact) mass is 320 g/mol. The molecule has 0 atom stereocenters. The van der Waals surface area contributed by atoms with Crippen molar-refractivity contribution >= 4 is 39.3 Å². The van der Waals surface area contributed by atoms with Crippen LogP contribution in [0.4, 0.5) is 8.63 Å². The molecule has 3 heterocycles. The molecule has 1 aromatic carbocycles. The van der Waals surface area contributed by atoms with Gasteiger partial charge in [0.05, 0.1) is 11.1 Å². The molecule has 0 N–H and O–H groups in total. The van der Waals surface area contributed by atoms with Crippen molar-refractivity contribution in [2.45, 2.75) is 0 Å². The van der Waals surface area contributed by atoms with Gasteiger partial charge in [0.15, 0.2) is 5.70 Å². The molecule has 19 heavy (non-hydrogen) atoms. The van der Waals surface area contributed by atoms with Gasteiger partial charge in [0, 0.05) is 27.7 Å². The summed E-state index contributed by atoms with van der Waals surface area (Å²) < 4.78 is 31.9. The average molecular weight is 321 g/mol. The molecule has 94 valence electrons. The summed E-state index contributed by atoms with van der Waals surface area (Å²) in [6.07, 6.45) is 3.22. The number of hydrogen-bond donors (Lipinski definition) is 0. The van der Waals surface area contributed by atoms with Crippen LogP contribution >= 0.6 is 15.9 Å². The smallest absolute Gasteiger partial charge is 0.396 e. The predicted molar refractivity (Wildman–Crippen MR) is 75.4 cm³/mol. The van der Waals surface area contributed by atoms with Crippen LogP contribution in [0, 0.1) is 0 Å². The standard InChI is InChI=1S/C13H8BBrF2N2/c15-13-11-6-2-1-5-10(11)12-8-9-4-3-7-18(9)14(16,17)19(12)13/h1-8H. The molecule has 0 saturated carbocycles. The molecule has 0 radical (unpaired) electrons. The zero-order valence-electron chi connectivity index (χ0n) is 9.72. The maximum absolute atomic E-state index is 14.7. The Morgan fingerprint density at radius 2 is 1.79 bits per heavy atom. The number of halogens is 3. The van der Waals surface area contributed by atoms with Gasteiger partial charge in [0.1, 0.15) is 0 Å². The van der Waals surface area contributed by atoms with E-state index in [-0.39, 0.29) is 0 Å². The summed E-state index contributed by atoms with van der Waals surface area (Å²) in [5.41, 5.74) is 2.73. The fourth-order valence-corrected chi connectivity index (χ4v) is 3.56. The highest BCUT2D eigenvalue weighted by molar-refractivity contribution is 9.18. The second-order valence-corrected chi connectivity index (χ2v) is 5.42. The second kappa shape index (κ2) is 3.45. The molecular weight excluding hydrogens is 313 g/mol. The summed E-state index contributed by atoms with van der Waals surface area (Å²) >= 11 is 3.32. The van der Waals surface area contributed by atoms with Crippen molar-refractivity contribution in [3.8, 4) is 0 Å². The molecule has 2 aliphatic heterocycles. The SMILES string of the molecule is F[B-]1(F)n2cccc2C=C2c3ccccc3C(Br)=[N+]21. The van der Waals surface area contributed by atoms with Crippen LogP contribution in [0.5, 0.6) is 0 Å². The third-order valence-electron chi connectivity index (χ3n) is 3.64. The van der Waals surface area contributed by atoms with Gasteiger partial charge in [0.2, 0.25) is 4.62 Å². The van der Waals surface area contributed by atoms with Gasteiger partial charge in [0.25, 0.3) is 0 Å². The molecule has 1 aromatic heterocycles. The van der Waals surface area contributed by atoms with Gasteiger partial charge in [-0.15, -0.1) is 0 Å². The second-order valence-electron chi connectivity index (χ2n) is 4.66. The molecule has 0 unspecified atom stereocenters. The highest BCUT2D eigenvalue weighted by Gasteiger charge is 2.53. The molecule has 2 nitrogen and oxygen atoms in total. The molecule has 0 bridgehead atoms. The van der Waals surface area contributed by atoms with Crippen LogP contribution in [0.1, 0.15) is 16.8 Å². The van der Waals surface area contributed by atoms with E-state index < -0.39 is 6.97 Å². The molecule has 4 rings (SSSR count). The summed E-state index contributed by atoms with van der Waals surface area (Å²) in [4.78, 5) is 0. The maximum atomic E-state index is 14.7. The maximum Gasteiger partial charge on any atom is 0.737 e. The number of nitrogens with zero attached hydrogens (tertiary/aromatic N) is 2. The van der Waals surface area contributed by atoms with Gasteiger partial charge >= 0.3 is 6.97 Å². The lowest BCUT2D eigenvalue weighted by molar-refractivity contribution is -0.314. The minimum absolute atomic E-state index is 0.429. The Kier molecular flexibility index (Phi) is 2.03. The Bertz CT molecular complexity index is 776. The Morgan fingerprint density at radius 1 is 1.05 bits per heavy atom.